The number of carbonyl (C=O) groups is 2. The molecule has 0 spiro atoms. The summed E-state index contributed by atoms with van der Waals surface area (Å²) in [5, 5.41) is 6.27. The van der Waals surface area contributed by atoms with Crippen molar-refractivity contribution >= 4 is 18.0 Å². The Morgan fingerprint density at radius 3 is 2.60 bits per heavy atom. The summed E-state index contributed by atoms with van der Waals surface area (Å²) in [7, 11) is 1.58. The van der Waals surface area contributed by atoms with Gasteiger partial charge in [-0.05, 0) is 29.8 Å². The van der Waals surface area contributed by atoms with Gasteiger partial charge in [-0.25, -0.2) is 5.43 Å². The topological polar surface area (TPSA) is 79.8 Å². The molecule has 1 aromatic rings. The van der Waals surface area contributed by atoms with Gasteiger partial charge in [0.15, 0.2) is 0 Å². The van der Waals surface area contributed by atoms with E-state index in [0.717, 1.165) is 11.3 Å². The average Bonchev–Trinajstić information content (AvgIpc) is 2.45. The largest absolute Gasteiger partial charge is 0.497 e. The van der Waals surface area contributed by atoms with Crippen molar-refractivity contribution in [1.82, 2.24) is 10.7 Å². The lowest BCUT2D eigenvalue weighted by Gasteiger charge is -2.01. The van der Waals surface area contributed by atoms with Crippen LogP contribution in [0.25, 0.3) is 0 Å². The van der Waals surface area contributed by atoms with E-state index in [0.29, 0.717) is 6.54 Å². The van der Waals surface area contributed by atoms with Gasteiger partial charge >= 0.3 is 0 Å². The Labute approximate surface area is 117 Å². The number of amides is 2. The number of methoxy groups -OCH3 is 1. The van der Waals surface area contributed by atoms with Crippen LogP contribution >= 0.6 is 0 Å². The lowest BCUT2D eigenvalue weighted by atomic mass is 10.2. The molecule has 0 aliphatic heterocycles. The van der Waals surface area contributed by atoms with Gasteiger partial charge in [-0.3, -0.25) is 9.59 Å². The molecule has 2 N–H and O–H groups in total. The molecule has 1 rings (SSSR count). The average molecular weight is 275 g/mol. The first-order valence-corrected chi connectivity index (χ1v) is 5.99. The first kappa shape index (κ1) is 15.4. The molecule has 0 heterocycles. The SMILES string of the molecule is C=CCNC(=O)CC(=O)NN=Cc1ccc(OC)cc1. The zero-order valence-electron chi connectivity index (χ0n) is 11.3. The molecule has 0 atom stereocenters. The predicted molar refractivity (Wildman–Crippen MR) is 76.6 cm³/mol. The molecular weight excluding hydrogens is 258 g/mol. The summed E-state index contributed by atoms with van der Waals surface area (Å²) < 4.78 is 5.02. The summed E-state index contributed by atoms with van der Waals surface area (Å²) in [6.45, 7) is 3.79. The van der Waals surface area contributed by atoms with Crippen LogP contribution in [0.4, 0.5) is 0 Å². The molecule has 0 unspecified atom stereocenters. The highest BCUT2D eigenvalue weighted by molar-refractivity contribution is 5.97. The maximum atomic E-state index is 11.4. The van der Waals surface area contributed by atoms with E-state index in [-0.39, 0.29) is 12.3 Å². The highest BCUT2D eigenvalue weighted by Crippen LogP contribution is 2.09. The summed E-state index contributed by atoms with van der Waals surface area (Å²) in [6, 6.07) is 7.16. The molecule has 6 heteroatoms. The van der Waals surface area contributed by atoms with Crippen LogP contribution in [-0.4, -0.2) is 31.7 Å². The van der Waals surface area contributed by atoms with Crippen molar-refractivity contribution in [2.24, 2.45) is 5.10 Å². The second-order valence-corrected chi connectivity index (χ2v) is 3.84. The fourth-order valence-electron chi connectivity index (χ4n) is 1.30. The van der Waals surface area contributed by atoms with Gasteiger partial charge in [0, 0.05) is 6.54 Å². The molecule has 0 saturated heterocycles. The number of benzene rings is 1. The van der Waals surface area contributed by atoms with E-state index in [1.54, 1.807) is 31.4 Å². The molecule has 20 heavy (non-hydrogen) atoms. The Bertz CT molecular complexity index is 495. The first-order valence-electron chi connectivity index (χ1n) is 5.99. The third-order valence-electron chi connectivity index (χ3n) is 2.28. The molecular formula is C14H17N3O3. The number of ether oxygens (including phenoxy) is 1. The van der Waals surface area contributed by atoms with E-state index >= 15 is 0 Å². The normalized spacial score (nSPS) is 10.1. The van der Waals surface area contributed by atoms with Crippen LogP contribution < -0.4 is 15.5 Å². The minimum Gasteiger partial charge on any atom is -0.497 e. The maximum absolute atomic E-state index is 11.4. The summed E-state index contributed by atoms with van der Waals surface area (Å²) in [6.07, 6.45) is 2.75. The standard InChI is InChI=1S/C14H17N3O3/c1-3-8-15-13(18)9-14(19)17-16-10-11-4-6-12(20-2)7-5-11/h3-7,10H,1,8-9H2,2H3,(H,15,18)(H,17,19). The number of nitrogens with zero attached hydrogens (tertiary/aromatic N) is 1. The Balaban J connectivity index is 2.37. The van der Waals surface area contributed by atoms with E-state index in [1.807, 2.05) is 0 Å². The van der Waals surface area contributed by atoms with Crippen LogP contribution in [0.2, 0.25) is 0 Å². The van der Waals surface area contributed by atoms with Crippen molar-refractivity contribution in [3.05, 3.63) is 42.5 Å². The van der Waals surface area contributed by atoms with Crippen LogP contribution in [0.5, 0.6) is 5.75 Å². The van der Waals surface area contributed by atoms with Crippen LogP contribution in [0.3, 0.4) is 0 Å². The van der Waals surface area contributed by atoms with Crippen molar-refractivity contribution in [3.8, 4) is 5.75 Å². The summed E-state index contributed by atoms with van der Waals surface area (Å²) in [4.78, 5) is 22.6. The molecule has 0 bridgehead atoms. The van der Waals surface area contributed by atoms with Crippen molar-refractivity contribution in [1.29, 1.82) is 0 Å². The molecule has 0 fully saturated rings. The van der Waals surface area contributed by atoms with E-state index in [1.165, 1.54) is 12.3 Å². The zero-order valence-corrected chi connectivity index (χ0v) is 11.3. The molecule has 0 radical (unpaired) electrons. The number of hydrogen-bond acceptors (Lipinski definition) is 4. The highest BCUT2D eigenvalue weighted by Gasteiger charge is 2.06. The Morgan fingerprint density at radius 1 is 1.30 bits per heavy atom. The number of carbonyl (C=O) groups excluding carboxylic acids is 2. The zero-order chi connectivity index (χ0) is 14.8. The van der Waals surface area contributed by atoms with Gasteiger partial charge in [-0.2, -0.15) is 5.10 Å². The Morgan fingerprint density at radius 2 is 2.00 bits per heavy atom. The molecule has 106 valence electrons. The lowest BCUT2D eigenvalue weighted by Crippen LogP contribution is -2.29. The maximum Gasteiger partial charge on any atom is 0.249 e. The van der Waals surface area contributed by atoms with E-state index in [4.69, 9.17) is 4.74 Å². The molecule has 0 aliphatic carbocycles. The second-order valence-electron chi connectivity index (χ2n) is 3.84. The Kier molecular flexibility index (Phi) is 6.53. The van der Waals surface area contributed by atoms with Crippen molar-refractivity contribution in [3.63, 3.8) is 0 Å². The van der Waals surface area contributed by atoms with Crippen LogP contribution in [0, 0.1) is 0 Å². The van der Waals surface area contributed by atoms with Gasteiger partial charge in [-0.15, -0.1) is 6.58 Å². The summed E-state index contributed by atoms with van der Waals surface area (Å²) in [5.74, 6) is -0.108. The third-order valence-corrected chi connectivity index (χ3v) is 2.28. The Hall–Kier alpha value is -2.63. The van der Waals surface area contributed by atoms with Gasteiger partial charge in [0.25, 0.3) is 0 Å². The monoisotopic (exact) mass is 275 g/mol. The summed E-state index contributed by atoms with van der Waals surface area (Å²) >= 11 is 0. The molecule has 0 saturated carbocycles. The van der Waals surface area contributed by atoms with Gasteiger partial charge in [0.1, 0.15) is 12.2 Å². The van der Waals surface area contributed by atoms with E-state index in [2.05, 4.69) is 22.4 Å². The fourth-order valence-corrected chi connectivity index (χ4v) is 1.30. The van der Waals surface area contributed by atoms with E-state index < -0.39 is 5.91 Å². The number of hydrazone groups is 1. The first-order chi connectivity index (χ1) is 9.65. The third kappa shape index (κ3) is 5.81. The van der Waals surface area contributed by atoms with Crippen LogP contribution in [0.1, 0.15) is 12.0 Å². The molecule has 0 aromatic heterocycles. The van der Waals surface area contributed by atoms with Gasteiger partial charge in [0.05, 0.1) is 13.3 Å². The van der Waals surface area contributed by atoms with Crippen molar-refractivity contribution < 1.29 is 14.3 Å². The quantitative estimate of drug-likeness (QED) is 0.335. The van der Waals surface area contributed by atoms with E-state index in [9.17, 15) is 9.59 Å². The molecule has 2 amide bonds. The van der Waals surface area contributed by atoms with Crippen LogP contribution in [0.15, 0.2) is 42.0 Å². The predicted octanol–water partition coefficient (Wildman–Crippen LogP) is 0.838. The number of rotatable bonds is 7. The lowest BCUT2D eigenvalue weighted by molar-refractivity contribution is -0.129. The minimum atomic E-state index is -0.476. The minimum absolute atomic E-state index is 0.270. The van der Waals surface area contributed by atoms with Crippen LogP contribution in [-0.2, 0) is 9.59 Å². The fraction of sp³-hybridized carbons (Fsp3) is 0.214. The van der Waals surface area contributed by atoms with Gasteiger partial charge in [-0.1, -0.05) is 6.08 Å². The van der Waals surface area contributed by atoms with Gasteiger partial charge in [0.2, 0.25) is 11.8 Å². The second kappa shape index (κ2) is 8.47. The molecule has 1 aromatic carbocycles. The van der Waals surface area contributed by atoms with Gasteiger partial charge < -0.3 is 10.1 Å². The highest BCUT2D eigenvalue weighted by atomic mass is 16.5. The van der Waals surface area contributed by atoms with Crippen molar-refractivity contribution in [2.75, 3.05) is 13.7 Å². The number of hydrogen-bond donors (Lipinski definition) is 2. The molecule has 0 aliphatic rings. The number of nitrogens with one attached hydrogen (secondary N) is 2. The molecule has 6 nitrogen and oxygen atoms in total. The smallest absolute Gasteiger partial charge is 0.249 e. The summed E-state index contributed by atoms with van der Waals surface area (Å²) in [5.41, 5.74) is 3.09. The van der Waals surface area contributed by atoms with Crippen molar-refractivity contribution in [2.45, 2.75) is 6.42 Å².